The lowest BCUT2D eigenvalue weighted by Gasteiger charge is -2.30. The van der Waals surface area contributed by atoms with Crippen molar-refractivity contribution in [3.05, 3.63) is 23.3 Å². The van der Waals surface area contributed by atoms with Crippen LogP contribution in [0.2, 0.25) is 0 Å². The summed E-state index contributed by atoms with van der Waals surface area (Å²) in [5.74, 6) is 0. The van der Waals surface area contributed by atoms with E-state index in [0.29, 0.717) is 0 Å². The third kappa shape index (κ3) is 4.95. The Hall–Kier alpha value is -0.600. The first kappa shape index (κ1) is 15.5. The molecule has 0 aromatic rings. The Bertz CT molecular complexity index is 315. The number of allylic oxidation sites excluding steroid dienone is 4. The van der Waals surface area contributed by atoms with E-state index < -0.39 is 0 Å². The molecule has 1 rings (SSSR count). The van der Waals surface area contributed by atoms with Crippen LogP contribution in [-0.4, -0.2) is 30.8 Å². The van der Waals surface area contributed by atoms with Gasteiger partial charge in [-0.1, -0.05) is 23.3 Å². The number of ether oxygens (including phenoxy) is 1. The van der Waals surface area contributed by atoms with Crippen molar-refractivity contribution in [3.63, 3.8) is 0 Å². The first-order chi connectivity index (χ1) is 8.44. The molecule has 1 fully saturated rings. The molecule has 1 aliphatic heterocycles. The molecule has 0 N–H and O–H groups in total. The van der Waals surface area contributed by atoms with Crippen LogP contribution in [0.1, 0.15) is 53.4 Å². The number of likely N-dealkylation sites (N-methyl/N-ethyl adjacent to an activating group) is 1. The highest BCUT2D eigenvalue weighted by Gasteiger charge is 2.33. The van der Waals surface area contributed by atoms with Crippen LogP contribution in [-0.2, 0) is 4.74 Å². The van der Waals surface area contributed by atoms with Gasteiger partial charge in [0, 0.05) is 6.54 Å². The third-order valence-corrected chi connectivity index (χ3v) is 3.84. The minimum absolute atomic E-state index is 0.0450. The smallest absolute Gasteiger partial charge is 0.119 e. The average molecular weight is 251 g/mol. The molecule has 18 heavy (non-hydrogen) atoms. The van der Waals surface area contributed by atoms with Gasteiger partial charge in [-0.2, -0.15) is 0 Å². The summed E-state index contributed by atoms with van der Waals surface area (Å²) in [6.45, 7) is 10.7. The topological polar surface area (TPSA) is 12.5 Å². The average Bonchev–Trinajstić information content (AvgIpc) is 2.59. The monoisotopic (exact) mass is 251 g/mol. The van der Waals surface area contributed by atoms with E-state index in [-0.39, 0.29) is 5.72 Å². The molecule has 0 spiro atoms. The van der Waals surface area contributed by atoms with Gasteiger partial charge in [0.25, 0.3) is 0 Å². The van der Waals surface area contributed by atoms with Gasteiger partial charge in [-0.05, 0) is 60.4 Å². The van der Waals surface area contributed by atoms with E-state index in [1.165, 1.54) is 24.0 Å². The van der Waals surface area contributed by atoms with Crippen molar-refractivity contribution in [1.29, 1.82) is 0 Å². The third-order valence-electron chi connectivity index (χ3n) is 3.84. The zero-order valence-electron chi connectivity index (χ0n) is 12.8. The number of hydrogen-bond acceptors (Lipinski definition) is 2. The quantitative estimate of drug-likeness (QED) is 0.658. The minimum Gasteiger partial charge on any atom is -0.359 e. The summed E-state index contributed by atoms with van der Waals surface area (Å²) in [6, 6.07) is 0. The highest BCUT2D eigenvalue weighted by atomic mass is 16.5. The van der Waals surface area contributed by atoms with Crippen molar-refractivity contribution < 1.29 is 4.74 Å². The van der Waals surface area contributed by atoms with Crippen molar-refractivity contribution >= 4 is 0 Å². The molecule has 1 unspecified atom stereocenters. The number of hydrogen-bond donors (Lipinski definition) is 0. The normalized spacial score (nSPS) is 25.5. The predicted molar refractivity (Wildman–Crippen MR) is 78.6 cm³/mol. The molecular formula is C16H29NO. The van der Waals surface area contributed by atoms with Crippen LogP contribution in [0.25, 0.3) is 0 Å². The zero-order chi connectivity index (χ0) is 13.6. The SMILES string of the molecule is CC(C)=CCCC(C)=CCCC1(C)OCCN1C. The summed E-state index contributed by atoms with van der Waals surface area (Å²) >= 11 is 0. The van der Waals surface area contributed by atoms with Gasteiger partial charge < -0.3 is 4.74 Å². The second kappa shape index (κ2) is 7.10. The van der Waals surface area contributed by atoms with Crippen LogP contribution in [0.3, 0.4) is 0 Å². The van der Waals surface area contributed by atoms with Gasteiger partial charge in [0.1, 0.15) is 5.72 Å². The zero-order valence-corrected chi connectivity index (χ0v) is 12.8. The molecule has 0 amide bonds. The first-order valence-electron chi connectivity index (χ1n) is 7.08. The van der Waals surface area contributed by atoms with Gasteiger partial charge in [-0.15, -0.1) is 0 Å². The Morgan fingerprint density at radius 3 is 2.50 bits per heavy atom. The standard InChI is InChI=1S/C16H29NO/c1-14(2)8-6-9-15(3)10-7-11-16(4)17(5)12-13-18-16/h8,10H,6-7,9,11-13H2,1-5H3. The van der Waals surface area contributed by atoms with E-state index in [2.05, 4.69) is 51.8 Å². The van der Waals surface area contributed by atoms with Crippen LogP contribution in [0, 0.1) is 0 Å². The Morgan fingerprint density at radius 2 is 1.94 bits per heavy atom. The summed E-state index contributed by atoms with van der Waals surface area (Å²) in [5, 5.41) is 0. The van der Waals surface area contributed by atoms with E-state index in [9.17, 15) is 0 Å². The molecule has 0 bridgehead atoms. The van der Waals surface area contributed by atoms with Crippen LogP contribution < -0.4 is 0 Å². The Labute approximate surface area is 113 Å². The van der Waals surface area contributed by atoms with Crippen molar-refractivity contribution in [3.8, 4) is 0 Å². The predicted octanol–water partition coefficient (Wildman–Crippen LogP) is 4.14. The summed E-state index contributed by atoms with van der Waals surface area (Å²) in [6.07, 6.45) is 9.23. The lowest BCUT2D eigenvalue weighted by atomic mass is 10.0. The van der Waals surface area contributed by atoms with E-state index in [1.807, 2.05) is 0 Å². The van der Waals surface area contributed by atoms with Gasteiger partial charge in [0.2, 0.25) is 0 Å². The maximum absolute atomic E-state index is 5.83. The lowest BCUT2D eigenvalue weighted by molar-refractivity contribution is -0.0612. The highest BCUT2D eigenvalue weighted by Crippen LogP contribution is 2.26. The van der Waals surface area contributed by atoms with Gasteiger partial charge in [0.05, 0.1) is 6.61 Å². The minimum atomic E-state index is -0.0450. The molecule has 1 aliphatic rings. The number of nitrogens with zero attached hydrogens (tertiary/aromatic N) is 1. The summed E-state index contributed by atoms with van der Waals surface area (Å²) < 4.78 is 5.83. The van der Waals surface area contributed by atoms with Gasteiger partial charge >= 0.3 is 0 Å². The molecule has 0 aromatic heterocycles. The molecule has 1 atom stereocenters. The van der Waals surface area contributed by atoms with Gasteiger partial charge in [0.15, 0.2) is 0 Å². The summed E-state index contributed by atoms with van der Waals surface area (Å²) in [7, 11) is 2.15. The van der Waals surface area contributed by atoms with E-state index >= 15 is 0 Å². The molecule has 1 heterocycles. The molecule has 0 saturated carbocycles. The molecule has 0 radical (unpaired) electrons. The van der Waals surface area contributed by atoms with E-state index in [1.54, 1.807) is 0 Å². The first-order valence-corrected chi connectivity index (χ1v) is 7.08. The Balaban J connectivity index is 2.29. The van der Waals surface area contributed by atoms with Crippen molar-refractivity contribution in [2.24, 2.45) is 0 Å². The van der Waals surface area contributed by atoms with Crippen LogP contribution in [0.5, 0.6) is 0 Å². The highest BCUT2D eigenvalue weighted by molar-refractivity contribution is 5.02. The van der Waals surface area contributed by atoms with Crippen LogP contribution in [0.4, 0.5) is 0 Å². The van der Waals surface area contributed by atoms with Crippen LogP contribution >= 0.6 is 0 Å². The van der Waals surface area contributed by atoms with Crippen molar-refractivity contribution in [1.82, 2.24) is 4.90 Å². The number of rotatable bonds is 6. The molecule has 2 nitrogen and oxygen atoms in total. The maximum Gasteiger partial charge on any atom is 0.119 e. The lowest BCUT2D eigenvalue weighted by Crippen LogP contribution is -2.39. The van der Waals surface area contributed by atoms with Crippen LogP contribution in [0.15, 0.2) is 23.3 Å². The van der Waals surface area contributed by atoms with Gasteiger partial charge in [-0.25, -0.2) is 0 Å². The molecule has 2 heteroatoms. The van der Waals surface area contributed by atoms with Crippen molar-refractivity contribution in [2.75, 3.05) is 20.2 Å². The second-order valence-electron chi connectivity index (χ2n) is 5.85. The fourth-order valence-electron chi connectivity index (χ4n) is 2.29. The summed E-state index contributed by atoms with van der Waals surface area (Å²) in [4.78, 5) is 2.32. The molecule has 0 aliphatic carbocycles. The second-order valence-corrected chi connectivity index (χ2v) is 5.85. The summed E-state index contributed by atoms with van der Waals surface area (Å²) in [5.41, 5.74) is 2.87. The molecule has 1 saturated heterocycles. The van der Waals surface area contributed by atoms with E-state index in [4.69, 9.17) is 4.74 Å². The molecular weight excluding hydrogens is 222 g/mol. The van der Waals surface area contributed by atoms with Gasteiger partial charge in [-0.3, -0.25) is 4.90 Å². The fraction of sp³-hybridized carbons (Fsp3) is 0.750. The molecule has 0 aromatic carbocycles. The molecule has 104 valence electrons. The van der Waals surface area contributed by atoms with E-state index in [0.717, 1.165) is 26.0 Å². The largest absolute Gasteiger partial charge is 0.359 e. The van der Waals surface area contributed by atoms with Crippen molar-refractivity contribution in [2.45, 2.75) is 59.1 Å². The Morgan fingerprint density at radius 1 is 1.22 bits per heavy atom. The Kier molecular flexibility index (Phi) is 6.10. The maximum atomic E-state index is 5.83. The fourth-order valence-corrected chi connectivity index (χ4v) is 2.29.